The van der Waals surface area contributed by atoms with Gasteiger partial charge in [0.25, 0.3) is 0 Å². The van der Waals surface area contributed by atoms with Crippen LogP contribution in [-0.2, 0) is 0 Å². The number of hydrogen-bond donors (Lipinski definition) is 0. The summed E-state index contributed by atoms with van der Waals surface area (Å²) in [4.78, 5) is 9.72. The van der Waals surface area contributed by atoms with Crippen molar-refractivity contribution >= 4 is 65.6 Å². The Labute approximate surface area is 263 Å². The smallest absolute Gasteiger partial charge is 0.161 e. The zero-order valence-electron chi connectivity index (χ0n) is 24.6. The first-order valence-electron chi connectivity index (χ1n) is 15.4. The summed E-state index contributed by atoms with van der Waals surface area (Å²) in [7, 11) is 0. The lowest BCUT2D eigenvalue weighted by atomic mass is 9.94. The molecule has 0 saturated carbocycles. The lowest BCUT2D eigenvalue weighted by Crippen LogP contribution is -1.89. The van der Waals surface area contributed by atoms with Crippen molar-refractivity contribution in [3.05, 3.63) is 146 Å². The minimum Gasteiger partial charge on any atom is -0.453 e. The number of fused-ring (bicyclic) bond motifs is 10. The highest BCUT2D eigenvalue weighted by atomic mass is 16.3. The molecule has 0 fully saturated rings. The monoisotopic (exact) mass is 588 g/mol. The van der Waals surface area contributed by atoms with Gasteiger partial charge in [-0.1, -0.05) is 91.0 Å². The molecule has 0 amide bonds. The maximum absolute atomic E-state index is 6.70. The SMILES string of the molecule is c1ccc(-c2cc(-c3nccc4c3oc3c5ccccc5ccc43)cc(-c3ccnc4c3oc3c5ccccc5ccc43)c2)cc1. The first kappa shape index (κ1) is 25.1. The minimum atomic E-state index is 0.770. The molecule has 0 spiro atoms. The fourth-order valence-corrected chi connectivity index (χ4v) is 6.97. The minimum absolute atomic E-state index is 0.770. The second kappa shape index (κ2) is 9.62. The largest absolute Gasteiger partial charge is 0.453 e. The number of benzene rings is 6. The molecule has 0 atom stereocenters. The third-order valence-corrected chi connectivity index (χ3v) is 9.15. The molecule has 46 heavy (non-hydrogen) atoms. The van der Waals surface area contributed by atoms with E-state index in [1.54, 1.807) is 0 Å². The van der Waals surface area contributed by atoms with Gasteiger partial charge in [0.2, 0.25) is 0 Å². The van der Waals surface area contributed by atoms with Crippen LogP contribution in [0.5, 0.6) is 0 Å². The van der Waals surface area contributed by atoms with Gasteiger partial charge in [-0.05, 0) is 69.9 Å². The van der Waals surface area contributed by atoms with E-state index in [9.17, 15) is 0 Å². The normalized spacial score (nSPS) is 11.9. The van der Waals surface area contributed by atoms with Gasteiger partial charge in [-0.15, -0.1) is 0 Å². The first-order chi connectivity index (χ1) is 22.8. The van der Waals surface area contributed by atoms with Crippen LogP contribution < -0.4 is 0 Å². The molecule has 0 aliphatic rings. The molecule has 10 rings (SSSR count). The molecule has 0 radical (unpaired) electrons. The lowest BCUT2D eigenvalue weighted by Gasteiger charge is -2.11. The lowest BCUT2D eigenvalue weighted by molar-refractivity contribution is 0.672. The molecule has 4 heterocycles. The zero-order valence-corrected chi connectivity index (χ0v) is 24.6. The zero-order chi connectivity index (χ0) is 30.2. The summed E-state index contributed by atoms with van der Waals surface area (Å²) in [6.07, 6.45) is 3.76. The maximum atomic E-state index is 6.70. The standard InChI is InChI=1S/C42H24N2O2/c1-2-8-25(9-3-1)28-22-29(33-18-20-44-38-36-17-15-27-11-5-7-13-32(27)40(36)46-41(33)38)24-30(23-28)37-42-35(19-21-43-37)34-16-14-26-10-4-6-12-31(26)39(34)45-42/h1-24H. The topological polar surface area (TPSA) is 52.1 Å². The van der Waals surface area contributed by atoms with Gasteiger partial charge in [0.15, 0.2) is 11.2 Å². The van der Waals surface area contributed by atoms with E-state index in [-0.39, 0.29) is 0 Å². The van der Waals surface area contributed by atoms with Crippen molar-refractivity contribution in [1.29, 1.82) is 0 Å². The van der Waals surface area contributed by atoms with E-state index in [1.807, 2.05) is 36.7 Å². The van der Waals surface area contributed by atoms with E-state index in [0.717, 1.165) is 99.1 Å². The number of pyridine rings is 2. The number of aromatic nitrogens is 2. The number of furan rings is 2. The molecular weight excluding hydrogens is 564 g/mol. The van der Waals surface area contributed by atoms with Crippen LogP contribution in [0.2, 0.25) is 0 Å². The molecule has 0 N–H and O–H groups in total. The van der Waals surface area contributed by atoms with Crippen molar-refractivity contribution in [3.8, 4) is 33.5 Å². The summed E-state index contributed by atoms with van der Waals surface area (Å²) >= 11 is 0. The molecule has 4 aromatic heterocycles. The summed E-state index contributed by atoms with van der Waals surface area (Å²) < 4.78 is 13.4. The van der Waals surface area contributed by atoms with E-state index in [0.29, 0.717) is 0 Å². The molecule has 0 unspecified atom stereocenters. The van der Waals surface area contributed by atoms with E-state index in [1.165, 1.54) is 0 Å². The molecule has 6 aromatic carbocycles. The van der Waals surface area contributed by atoms with Crippen molar-refractivity contribution in [2.75, 3.05) is 0 Å². The molecule has 214 valence electrons. The summed E-state index contributed by atoms with van der Waals surface area (Å²) in [6, 6.07) is 46.4. The summed E-state index contributed by atoms with van der Waals surface area (Å²) in [6.45, 7) is 0. The van der Waals surface area contributed by atoms with Crippen LogP contribution in [0, 0.1) is 0 Å². The van der Waals surface area contributed by atoms with Gasteiger partial charge in [-0.3, -0.25) is 9.97 Å². The van der Waals surface area contributed by atoms with Crippen molar-refractivity contribution in [2.45, 2.75) is 0 Å². The van der Waals surface area contributed by atoms with Gasteiger partial charge in [0.1, 0.15) is 22.4 Å². The van der Waals surface area contributed by atoms with Gasteiger partial charge in [0.05, 0.1) is 0 Å². The molecule has 4 nitrogen and oxygen atoms in total. The predicted molar refractivity (Wildman–Crippen MR) is 188 cm³/mol. The van der Waals surface area contributed by atoms with Crippen molar-refractivity contribution < 1.29 is 8.83 Å². The van der Waals surface area contributed by atoms with Crippen LogP contribution in [0.15, 0.2) is 155 Å². The summed E-state index contributed by atoms with van der Waals surface area (Å²) in [5.41, 5.74) is 10.1. The van der Waals surface area contributed by atoms with Crippen LogP contribution in [0.1, 0.15) is 0 Å². The van der Waals surface area contributed by atoms with Crippen LogP contribution in [0.25, 0.3) is 99.1 Å². The number of rotatable bonds is 3. The molecule has 4 heteroatoms. The fraction of sp³-hybridized carbons (Fsp3) is 0. The van der Waals surface area contributed by atoms with E-state index in [2.05, 4.69) is 109 Å². The van der Waals surface area contributed by atoms with Crippen LogP contribution in [0.3, 0.4) is 0 Å². The van der Waals surface area contributed by atoms with Crippen molar-refractivity contribution in [1.82, 2.24) is 9.97 Å². The van der Waals surface area contributed by atoms with Gasteiger partial charge in [-0.2, -0.15) is 0 Å². The molecule has 0 aliphatic heterocycles. The Bertz CT molecular complexity index is 2640. The van der Waals surface area contributed by atoms with Gasteiger partial charge < -0.3 is 8.83 Å². The van der Waals surface area contributed by atoms with E-state index < -0.39 is 0 Å². The third-order valence-electron chi connectivity index (χ3n) is 9.15. The molecule has 0 saturated heterocycles. The Morgan fingerprint density at radius 3 is 1.78 bits per heavy atom. The van der Waals surface area contributed by atoms with Crippen molar-refractivity contribution in [2.24, 2.45) is 0 Å². The highest BCUT2D eigenvalue weighted by Crippen LogP contribution is 2.42. The van der Waals surface area contributed by atoms with Crippen LogP contribution in [-0.4, -0.2) is 9.97 Å². The molecule has 0 aliphatic carbocycles. The second-order valence-electron chi connectivity index (χ2n) is 11.8. The fourth-order valence-electron chi connectivity index (χ4n) is 6.97. The average molecular weight is 589 g/mol. The maximum Gasteiger partial charge on any atom is 0.161 e. The van der Waals surface area contributed by atoms with Gasteiger partial charge in [0, 0.05) is 50.5 Å². The quantitative estimate of drug-likeness (QED) is 0.206. The van der Waals surface area contributed by atoms with Gasteiger partial charge >= 0.3 is 0 Å². The van der Waals surface area contributed by atoms with E-state index >= 15 is 0 Å². The molecule has 10 aromatic rings. The third kappa shape index (κ3) is 3.67. The average Bonchev–Trinajstić information content (AvgIpc) is 3.71. The summed E-state index contributed by atoms with van der Waals surface area (Å²) in [5, 5.41) is 7.61. The highest BCUT2D eigenvalue weighted by Gasteiger charge is 2.20. The molecular formula is C42H24N2O2. The second-order valence-corrected chi connectivity index (χ2v) is 11.8. The molecule has 0 bridgehead atoms. The Morgan fingerprint density at radius 1 is 0.370 bits per heavy atom. The van der Waals surface area contributed by atoms with Crippen LogP contribution >= 0.6 is 0 Å². The summed E-state index contributed by atoms with van der Waals surface area (Å²) in [5.74, 6) is 0. The van der Waals surface area contributed by atoms with Crippen molar-refractivity contribution in [3.63, 3.8) is 0 Å². The Hall–Kier alpha value is -6.26. The van der Waals surface area contributed by atoms with Crippen LogP contribution in [0.4, 0.5) is 0 Å². The number of nitrogens with zero attached hydrogens (tertiary/aromatic N) is 2. The highest BCUT2D eigenvalue weighted by molar-refractivity contribution is 6.18. The Balaban J connectivity index is 1.26. The van der Waals surface area contributed by atoms with Gasteiger partial charge in [-0.25, -0.2) is 0 Å². The Morgan fingerprint density at radius 2 is 0.978 bits per heavy atom. The number of hydrogen-bond acceptors (Lipinski definition) is 4. The predicted octanol–water partition coefficient (Wildman–Crippen LogP) is 11.6. The first-order valence-corrected chi connectivity index (χ1v) is 15.4. The van der Waals surface area contributed by atoms with E-state index in [4.69, 9.17) is 18.8 Å². The Kier molecular flexibility index (Phi) is 5.25.